The maximum absolute atomic E-state index is 11.5. The monoisotopic (exact) mass is 260 g/mol. The summed E-state index contributed by atoms with van der Waals surface area (Å²) >= 11 is 1.90. The van der Waals surface area contributed by atoms with E-state index in [-0.39, 0.29) is 11.9 Å². The molecule has 0 radical (unpaired) electrons. The molecule has 0 spiro atoms. The largest absolute Gasteiger partial charge is 0.355 e. The van der Waals surface area contributed by atoms with Gasteiger partial charge < -0.3 is 11.1 Å². The van der Waals surface area contributed by atoms with Crippen molar-refractivity contribution in [3.8, 4) is 0 Å². The molecule has 4 heteroatoms. The SMILES string of the molecule is CCCCC(N)C(=O)NCCCCCCSC. The van der Waals surface area contributed by atoms with Crippen LogP contribution in [-0.4, -0.2) is 30.5 Å². The highest BCUT2D eigenvalue weighted by Gasteiger charge is 2.11. The number of nitrogens with one attached hydrogen (secondary N) is 1. The van der Waals surface area contributed by atoms with Crippen LogP contribution in [0.1, 0.15) is 51.9 Å². The first-order valence-corrected chi connectivity index (χ1v) is 8.14. The lowest BCUT2D eigenvalue weighted by molar-refractivity contribution is -0.122. The minimum absolute atomic E-state index is 0.0163. The fraction of sp³-hybridized carbons (Fsp3) is 0.923. The molecule has 3 nitrogen and oxygen atoms in total. The van der Waals surface area contributed by atoms with Crippen LogP contribution in [-0.2, 0) is 4.79 Å². The van der Waals surface area contributed by atoms with Gasteiger partial charge >= 0.3 is 0 Å². The number of thioether (sulfide) groups is 1. The Morgan fingerprint density at radius 2 is 1.94 bits per heavy atom. The average Bonchev–Trinajstić information content (AvgIpc) is 2.34. The van der Waals surface area contributed by atoms with Crippen LogP contribution in [0.5, 0.6) is 0 Å². The van der Waals surface area contributed by atoms with Crippen LogP contribution < -0.4 is 11.1 Å². The molecule has 3 N–H and O–H groups in total. The van der Waals surface area contributed by atoms with Gasteiger partial charge in [0.2, 0.25) is 5.91 Å². The second kappa shape index (κ2) is 12.2. The van der Waals surface area contributed by atoms with Crippen LogP contribution in [0.15, 0.2) is 0 Å². The number of amides is 1. The van der Waals surface area contributed by atoms with Gasteiger partial charge in [0.05, 0.1) is 6.04 Å². The normalized spacial score (nSPS) is 12.4. The van der Waals surface area contributed by atoms with Gasteiger partial charge in [-0.05, 0) is 31.3 Å². The summed E-state index contributed by atoms with van der Waals surface area (Å²) < 4.78 is 0. The third-order valence-electron chi connectivity index (χ3n) is 2.78. The van der Waals surface area contributed by atoms with E-state index in [4.69, 9.17) is 5.73 Å². The van der Waals surface area contributed by atoms with Crippen LogP contribution >= 0.6 is 11.8 Å². The summed E-state index contributed by atoms with van der Waals surface area (Å²) in [7, 11) is 0. The number of carbonyl (C=O) groups excluding carboxylic acids is 1. The number of rotatable bonds is 11. The third-order valence-corrected chi connectivity index (χ3v) is 3.48. The van der Waals surface area contributed by atoms with Gasteiger partial charge in [-0.25, -0.2) is 0 Å². The molecule has 0 aromatic rings. The Bertz CT molecular complexity index is 188. The lowest BCUT2D eigenvalue weighted by atomic mass is 10.1. The molecular weight excluding hydrogens is 232 g/mol. The quantitative estimate of drug-likeness (QED) is 0.561. The Hall–Kier alpha value is -0.220. The zero-order valence-electron chi connectivity index (χ0n) is 11.3. The Labute approximate surface area is 110 Å². The molecule has 0 aromatic heterocycles. The molecule has 0 saturated carbocycles. The van der Waals surface area contributed by atoms with Crippen LogP contribution in [0.25, 0.3) is 0 Å². The smallest absolute Gasteiger partial charge is 0.236 e. The molecule has 0 aliphatic carbocycles. The zero-order chi connectivity index (χ0) is 12.9. The standard InChI is InChI=1S/C13H28N2OS/c1-3-4-9-12(14)13(16)15-10-7-5-6-8-11-17-2/h12H,3-11,14H2,1-2H3,(H,15,16). The summed E-state index contributed by atoms with van der Waals surface area (Å²) in [5.41, 5.74) is 5.77. The van der Waals surface area contributed by atoms with Crippen molar-refractivity contribution >= 4 is 17.7 Å². The lowest BCUT2D eigenvalue weighted by Crippen LogP contribution is -2.40. The first-order chi connectivity index (χ1) is 8.22. The summed E-state index contributed by atoms with van der Waals surface area (Å²) in [5, 5.41) is 2.91. The third kappa shape index (κ3) is 10.6. The molecular formula is C13H28N2OS. The maximum Gasteiger partial charge on any atom is 0.236 e. The van der Waals surface area contributed by atoms with Crippen molar-refractivity contribution in [3.05, 3.63) is 0 Å². The molecule has 17 heavy (non-hydrogen) atoms. The second-order valence-electron chi connectivity index (χ2n) is 4.45. The predicted octanol–water partition coefficient (Wildman–Crippen LogP) is 2.54. The number of nitrogens with two attached hydrogens (primary N) is 1. The number of unbranched alkanes of at least 4 members (excludes halogenated alkanes) is 4. The van der Waals surface area contributed by atoms with E-state index in [1.165, 1.54) is 25.0 Å². The average molecular weight is 260 g/mol. The van der Waals surface area contributed by atoms with E-state index >= 15 is 0 Å². The van der Waals surface area contributed by atoms with Crippen molar-refractivity contribution in [2.45, 2.75) is 57.9 Å². The molecule has 1 atom stereocenters. The molecule has 0 heterocycles. The zero-order valence-corrected chi connectivity index (χ0v) is 12.2. The minimum Gasteiger partial charge on any atom is -0.355 e. The van der Waals surface area contributed by atoms with Crippen molar-refractivity contribution in [1.29, 1.82) is 0 Å². The highest BCUT2D eigenvalue weighted by atomic mass is 32.2. The highest BCUT2D eigenvalue weighted by molar-refractivity contribution is 7.98. The van der Waals surface area contributed by atoms with Crippen LogP contribution in [0, 0.1) is 0 Å². The van der Waals surface area contributed by atoms with E-state index < -0.39 is 0 Å². The molecule has 0 aliphatic rings. The first-order valence-electron chi connectivity index (χ1n) is 6.74. The Kier molecular flexibility index (Phi) is 12.1. The first kappa shape index (κ1) is 16.8. The van der Waals surface area contributed by atoms with Gasteiger partial charge in [0.1, 0.15) is 0 Å². The molecule has 0 saturated heterocycles. The topological polar surface area (TPSA) is 55.1 Å². The molecule has 1 amide bonds. The molecule has 0 bridgehead atoms. The van der Waals surface area contributed by atoms with Gasteiger partial charge in [0.25, 0.3) is 0 Å². The van der Waals surface area contributed by atoms with Crippen LogP contribution in [0.3, 0.4) is 0 Å². The Morgan fingerprint density at radius 1 is 1.24 bits per heavy atom. The van der Waals surface area contributed by atoms with Crippen molar-refractivity contribution in [1.82, 2.24) is 5.32 Å². The molecule has 0 aliphatic heterocycles. The predicted molar refractivity (Wildman–Crippen MR) is 77.4 cm³/mol. The van der Waals surface area contributed by atoms with E-state index in [1.54, 1.807) is 0 Å². The van der Waals surface area contributed by atoms with Gasteiger partial charge in [-0.3, -0.25) is 4.79 Å². The summed E-state index contributed by atoms with van der Waals surface area (Å²) in [6.45, 7) is 2.89. The molecule has 1 unspecified atom stereocenters. The van der Waals surface area contributed by atoms with Crippen molar-refractivity contribution in [3.63, 3.8) is 0 Å². The van der Waals surface area contributed by atoms with Gasteiger partial charge in [-0.2, -0.15) is 11.8 Å². The summed E-state index contributed by atoms with van der Waals surface area (Å²) in [6, 6.07) is -0.313. The van der Waals surface area contributed by atoms with Gasteiger partial charge in [-0.1, -0.05) is 32.6 Å². The van der Waals surface area contributed by atoms with E-state index in [2.05, 4.69) is 18.5 Å². The second-order valence-corrected chi connectivity index (χ2v) is 5.43. The van der Waals surface area contributed by atoms with Crippen LogP contribution in [0.2, 0.25) is 0 Å². The summed E-state index contributed by atoms with van der Waals surface area (Å²) in [4.78, 5) is 11.5. The van der Waals surface area contributed by atoms with E-state index in [9.17, 15) is 4.79 Å². The molecule has 0 rings (SSSR count). The maximum atomic E-state index is 11.5. The summed E-state index contributed by atoms with van der Waals surface area (Å²) in [6.07, 6.45) is 9.88. The molecule has 102 valence electrons. The number of hydrogen-bond acceptors (Lipinski definition) is 3. The van der Waals surface area contributed by atoms with Gasteiger partial charge in [0.15, 0.2) is 0 Å². The fourth-order valence-corrected chi connectivity index (χ4v) is 2.12. The number of hydrogen-bond donors (Lipinski definition) is 2. The fourth-order valence-electron chi connectivity index (χ4n) is 1.62. The van der Waals surface area contributed by atoms with Gasteiger partial charge in [0, 0.05) is 6.54 Å². The highest BCUT2D eigenvalue weighted by Crippen LogP contribution is 2.04. The summed E-state index contributed by atoms with van der Waals surface area (Å²) in [5.74, 6) is 1.26. The van der Waals surface area contributed by atoms with E-state index in [1.807, 2.05) is 11.8 Å². The minimum atomic E-state index is -0.313. The van der Waals surface area contributed by atoms with Crippen molar-refractivity contribution in [2.24, 2.45) is 5.73 Å². The lowest BCUT2D eigenvalue weighted by Gasteiger charge is -2.11. The Morgan fingerprint density at radius 3 is 2.59 bits per heavy atom. The molecule has 0 aromatic carbocycles. The van der Waals surface area contributed by atoms with Crippen LogP contribution in [0.4, 0.5) is 0 Å². The van der Waals surface area contributed by atoms with Crippen molar-refractivity contribution in [2.75, 3.05) is 18.6 Å². The number of carbonyl (C=O) groups is 1. The van der Waals surface area contributed by atoms with E-state index in [0.717, 1.165) is 32.2 Å². The molecule has 0 fully saturated rings. The van der Waals surface area contributed by atoms with Crippen molar-refractivity contribution < 1.29 is 4.79 Å². The Balaban J connectivity index is 3.32. The van der Waals surface area contributed by atoms with Gasteiger partial charge in [-0.15, -0.1) is 0 Å². The van der Waals surface area contributed by atoms with E-state index in [0.29, 0.717) is 0 Å².